The summed E-state index contributed by atoms with van der Waals surface area (Å²) in [4.78, 5) is 27.6. The highest BCUT2D eigenvalue weighted by Gasteiger charge is 2.57. The fourth-order valence-corrected chi connectivity index (χ4v) is 10.5. The zero-order chi connectivity index (χ0) is 35.5. The van der Waals surface area contributed by atoms with Crippen LogP contribution in [0.15, 0.2) is 24.3 Å². The Morgan fingerprint density at radius 3 is 1.76 bits per heavy atom. The lowest BCUT2D eigenvalue weighted by Crippen LogP contribution is -2.65. The molecule has 262 valence electrons. The average Bonchev–Trinajstić information content (AvgIpc) is 2.81. The van der Waals surface area contributed by atoms with Crippen LogP contribution in [0, 0.1) is 0 Å². The summed E-state index contributed by atoms with van der Waals surface area (Å²) >= 11 is 0. The second kappa shape index (κ2) is 14.9. The monoisotopic (exact) mass is 728 g/mol. The van der Waals surface area contributed by atoms with Crippen molar-refractivity contribution in [3.05, 3.63) is 29.8 Å². The van der Waals surface area contributed by atoms with Gasteiger partial charge in [-0.05, 0) is 122 Å². The van der Waals surface area contributed by atoms with Gasteiger partial charge in [-0.15, -0.1) is 0 Å². The van der Waals surface area contributed by atoms with Gasteiger partial charge in [0.1, 0.15) is 18.0 Å². The molecule has 14 heteroatoms. The first kappa shape index (κ1) is 40.6. The number of esters is 1. The molecule has 0 saturated heterocycles. The molecule has 1 fully saturated rings. The Labute approximate surface area is 283 Å². The van der Waals surface area contributed by atoms with Gasteiger partial charge in [-0.1, -0.05) is 6.07 Å². The Morgan fingerprint density at radius 2 is 1.28 bits per heavy atom. The smallest absolute Gasteiger partial charge is 0.331 e. The van der Waals surface area contributed by atoms with Crippen molar-refractivity contribution >= 4 is 59.6 Å². The van der Waals surface area contributed by atoms with Gasteiger partial charge >= 0.3 is 11.9 Å². The minimum absolute atomic E-state index is 0.122. The zero-order valence-electron chi connectivity index (χ0n) is 31.2. The van der Waals surface area contributed by atoms with Crippen molar-refractivity contribution in [3.63, 3.8) is 0 Å². The van der Waals surface area contributed by atoms with Gasteiger partial charge in [-0.3, -0.25) is 4.79 Å². The van der Waals surface area contributed by atoms with E-state index in [-0.39, 0.29) is 12.8 Å². The summed E-state index contributed by atoms with van der Waals surface area (Å²) in [6.45, 7) is 31.0. The topological polar surface area (TPSA) is 98.8 Å². The van der Waals surface area contributed by atoms with Crippen LogP contribution in [0.25, 0.3) is 6.08 Å². The lowest BCUT2D eigenvalue weighted by Gasteiger charge is -2.50. The predicted octanol–water partition coefficient (Wildman–Crippen LogP) is 8.04. The highest BCUT2D eigenvalue weighted by atomic mass is 28.4. The molecule has 0 radical (unpaired) electrons. The maximum atomic E-state index is 14.1. The minimum atomic E-state index is -2.31. The van der Waals surface area contributed by atoms with Crippen LogP contribution in [0.4, 0.5) is 0 Å². The maximum absolute atomic E-state index is 14.1. The van der Waals surface area contributed by atoms with E-state index in [0.717, 1.165) is 5.56 Å². The number of benzene rings is 1. The molecule has 0 unspecified atom stereocenters. The quantitative estimate of drug-likeness (QED) is 0.107. The average molecular weight is 729 g/mol. The van der Waals surface area contributed by atoms with Crippen molar-refractivity contribution in [2.24, 2.45) is 0 Å². The molecule has 1 aliphatic rings. The number of ether oxygens (including phenoxy) is 2. The minimum Gasteiger partial charge on any atom is -0.542 e. The van der Waals surface area contributed by atoms with E-state index >= 15 is 0 Å². The largest absolute Gasteiger partial charge is 0.542 e. The number of hydrogen-bond donors (Lipinski definition) is 0. The van der Waals surface area contributed by atoms with E-state index in [0.29, 0.717) is 11.5 Å². The van der Waals surface area contributed by atoms with Crippen molar-refractivity contribution in [2.45, 2.75) is 135 Å². The van der Waals surface area contributed by atoms with Crippen LogP contribution < -0.4 is 9.16 Å². The molecule has 0 amide bonds. The molecule has 0 spiro atoms. The second-order valence-electron chi connectivity index (χ2n) is 17.0. The van der Waals surface area contributed by atoms with Gasteiger partial charge in [-0.25, -0.2) is 4.79 Å². The van der Waals surface area contributed by atoms with Gasteiger partial charge in [0, 0.05) is 18.9 Å². The van der Waals surface area contributed by atoms with E-state index in [4.69, 9.17) is 31.6 Å². The third-order valence-electron chi connectivity index (χ3n) is 6.34. The third-order valence-corrected chi connectivity index (χ3v) is 11.0. The molecular weight excluding hydrogens is 669 g/mol. The normalized spacial score (nSPS) is 23.3. The Hall–Kier alpha value is -1.54. The van der Waals surface area contributed by atoms with Crippen LogP contribution in [-0.2, 0) is 32.0 Å². The van der Waals surface area contributed by atoms with Gasteiger partial charge in [0.2, 0.25) is 16.6 Å². The standard InChI is InChI=1S/C32H60O9Si5/c1-35-26-21-24(17-19-25(26)37-42(2,3)4)18-20-29(33)36-27-22-32(41-46(14,15)16,31(34)40-45(11,12)13)23-28(38-43(5,6)7)30(27)39-44(8,9)10/h17-21,27-28,30H,22-23H2,1-16H3/b20-18+/t27-,28-,30+,32-/m1/s1. The van der Waals surface area contributed by atoms with Crippen molar-refractivity contribution in [1.82, 2.24) is 0 Å². The fraction of sp³-hybridized carbons (Fsp3) is 0.688. The summed E-state index contributed by atoms with van der Waals surface area (Å²) in [7, 11) is -9.15. The molecular formula is C32H60O9Si5. The number of hydrogen-bond acceptors (Lipinski definition) is 9. The molecule has 0 bridgehead atoms. The first-order valence-electron chi connectivity index (χ1n) is 16.2. The van der Waals surface area contributed by atoms with E-state index in [9.17, 15) is 9.59 Å². The van der Waals surface area contributed by atoms with Crippen molar-refractivity contribution < 1.29 is 41.2 Å². The number of methoxy groups -OCH3 is 1. The third kappa shape index (κ3) is 13.9. The molecule has 1 aromatic carbocycles. The first-order valence-corrected chi connectivity index (χ1v) is 33.2. The van der Waals surface area contributed by atoms with Crippen LogP contribution in [0.2, 0.25) is 98.2 Å². The van der Waals surface area contributed by atoms with Crippen LogP contribution in [0.1, 0.15) is 18.4 Å². The molecule has 0 N–H and O–H groups in total. The molecule has 0 aromatic heterocycles. The predicted molar refractivity (Wildman–Crippen MR) is 198 cm³/mol. The Bertz CT molecular complexity index is 1240. The SMILES string of the molecule is COc1cc(/C=C/C(=O)O[C@@H]2C[C@](O[Si](C)(C)C)(C(=O)O[Si](C)(C)C)C[C@@H](O[Si](C)(C)C)[C@H]2O[Si](C)(C)C)ccc1O[Si](C)(C)C. The highest BCUT2D eigenvalue weighted by molar-refractivity contribution is 6.72. The molecule has 0 aliphatic heterocycles. The Morgan fingerprint density at radius 1 is 0.717 bits per heavy atom. The fourth-order valence-electron chi connectivity index (χ4n) is 5.24. The molecule has 1 aliphatic carbocycles. The lowest BCUT2D eigenvalue weighted by molar-refractivity contribution is -0.187. The molecule has 1 saturated carbocycles. The van der Waals surface area contributed by atoms with E-state index < -0.39 is 77.4 Å². The summed E-state index contributed by atoms with van der Waals surface area (Å²) in [5.74, 6) is 0.306. The van der Waals surface area contributed by atoms with Gasteiger partial charge < -0.3 is 31.6 Å². The van der Waals surface area contributed by atoms with E-state index in [1.807, 2.05) is 57.5 Å². The molecule has 46 heavy (non-hydrogen) atoms. The van der Waals surface area contributed by atoms with Gasteiger partial charge in [0.15, 0.2) is 36.3 Å². The van der Waals surface area contributed by atoms with Crippen LogP contribution in [0.5, 0.6) is 11.5 Å². The highest BCUT2D eigenvalue weighted by Crippen LogP contribution is 2.42. The lowest BCUT2D eigenvalue weighted by atomic mass is 9.79. The van der Waals surface area contributed by atoms with Crippen molar-refractivity contribution in [1.29, 1.82) is 0 Å². The molecule has 0 heterocycles. The second-order valence-corrected chi connectivity index (χ2v) is 39.2. The molecule has 1 aromatic rings. The zero-order valence-corrected chi connectivity index (χ0v) is 36.2. The molecule has 4 atom stereocenters. The number of carbonyl (C=O) groups excluding carboxylic acids is 2. The van der Waals surface area contributed by atoms with E-state index in [1.54, 1.807) is 13.2 Å². The summed E-state index contributed by atoms with van der Waals surface area (Å²) in [6, 6.07) is 5.55. The summed E-state index contributed by atoms with van der Waals surface area (Å²) < 4.78 is 44.2. The van der Waals surface area contributed by atoms with Crippen molar-refractivity contribution in [2.75, 3.05) is 7.11 Å². The first-order chi connectivity index (χ1) is 20.6. The van der Waals surface area contributed by atoms with E-state index in [2.05, 4.69) is 58.9 Å². The van der Waals surface area contributed by atoms with Crippen LogP contribution in [0.3, 0.4) is 0 Å². The number of rotatable bonds is 14. The summed E-state index contributed by atoms with van der Waals surface area (Å²) in [5.41, 5.74) is -0.576. The maximum Gasteiger partial charge on any atom is 0.331 e. The van der Waals surface area contributed by atoms with Gasteiger partial charge in [0.25, 0.3) is 0 Å². The Kier molecular flexibility index (Phi) is 13.2. The number of carbonyl (C=O) groups is 2. The summed E-state index contributed by atoms with van der Waals surface area (Å²) in [5, 5.41) is 0. The van der Waals surface area contributed by atoms with Gasteiger partial charge in [-0.2, -0.15) is 0 Å². The van der Waals surface area contributed by atoms with Gasteiger partial charge in [0.05, 0.1) is 13.2 Å². The molecule has 9 nitrogen and oxygen atoms in total. The van der Waals surface area contributed by atoms with Crippen LogP contribution in [-0.4, -0.2) is 84.5 Å². The Balaban J connectivity index is 2.55. The van der Waals surface area contributed by atoms with E-state index in [1.165, 1.54) is 6.08 Å². The van der Waals surface area contributed by atoms with Crippen molar-refractivity contribution in [3.8, 4) is 11.5 Å². The van der Waals surface area contributed by atoms with Crippen LogP contribution >= 0.6 is 0 Å². The summed E-state index contributed by atoms with van der Waals surface area (Å²) in [6.07, 6.45) is 1.58. The molecule has 2 rings (SSSR count).